The monoisotopic (exact) mass is 267 g/mol. The first-order valence-electron chi connectivity index (χ1n) is 7.95. The van der Waals surface area contributed by atoms with Gasteiger partial charge in [0.1, 0.15) is 0 Å². The van der Waals surface area contributed by atoms with Gasteiger partial charge in [-0.2, -0.15) is 0 Å². The second-order valence-corrected chi connectivity index (χ2v) is 6.26. The van der Waals surface area contributed by atoms with Gasteiger partial charge in [-0.05, 0) is 49.7 Å². The largest absolute Gasteiger partial charge is 0.299 e. The molecule has 106 valence electrons. The van der Waals surface area contributed by atoms with Crippen LogP contribution < -0.4 is 0 Å². The molecule has 2 aliphatic rings. The van der Waals surface area contributed by atoms with Crippen LogP contribution in [0.4, 0.5) is 0 Å². The van der Waals surface area contributed by atoms with Gasteiger partial charge in [-0.15, -0.1) is 0 Å². The Morgan fingerprint density at radius 1 is 1.10 bits per heavy atom. The molecule has 0 N–H and O–H groups in total. The molecule has 0 spiro atoms. The van der Waals surface area contributed by atoms with Crippen LogP contribution in [0.15, 0.2) is 42.5 Å². The molecule has 1 aliphatic carbocycles. The van der Waals surface area contributed by atoms with E-state index < -0.39 is 0 Å². The molecule has 0 aromatic heterocycles. The second-order valence-electron chi connectivity index (χ2n) is 6.26. The van der Waals surface area contributed by atoms with Gasteiger partial charge >= 0.3 is 0 Å². The molecule has 1 atom stereocenters. The third kappa shape index (κ3) is 3.40. The predicted molar refractivity (Wildman–Crippen MR) is 86.7 cm³/mol. The van der Waals surface area contributed by atoms with Crippen LogP contribution in [-0.2, 0) is 0 Å². The van der Waals surface area contributed by atoms with E-state index in [2.05, 4.69) is 54.3 Å². The highest BCUT2D eigenvalue weighted by molar-refractivity contribution is 5.66. The average Bonchev–Trinajstić information content (AvgIpc) is 2.49. The number of hydrogen-bond donors (Lipinski definition) is 0. The molecule has 0 saturated carbocycles. The number of allylic oxidation sites excluding steroid dienone is 2. The zero-order valence-corrected chi connectivity index (χ0v) is 12.5. The van der Waals surface area contributed by atoms with E-state index in [-0.39, 0.29) is 0 Å². The Kier molecular flexibility index (Phi) is 4.37. The molecule has 0 radical (unpaired) electrons. The van der Waals surface area contributed by atoms with Crippen molar-refractivity contribution in [1.82, 2.24) is 4.90 Å². The van der Waals surface area contributed by atoms with E-state index in [4.69, 9.17) is 0 Å². The minimum Gasteiger partial charge on any atom is -0.299 e. The van der Waals surface area contributed by atoms with E-state index in [1.54, 1.807) is 5.57 Å². The molecular formula is C19H25N. The summed E-state index contributed by atoms with van der Waals surface area (Å²) in [4.78, 5) is 2.61. The number of benzene rings is 1. The lowest BCUT2D eigenvalue weighted by molar-refractivity contribution is 0.242. The van der Waals surface area contributed by atoms with E-state index in [0.29, 0.717) is 0 Å². The van der Waals surface area contributed by atoms with E-state index in [1.807, 2.05) is 0 Å². The van der Waals surface area contributed by atoms with Crippen LogP contribution in [0.2, 0.25) is 0 Å². The highest BCUT2D eigenvalue weighted by Crippen LogP contribution is 2.31. The molecule has 0 amide bonds. The molecule has 0 unspecified atom stereocenters. The summed E-state index contributed by atoms with van der Waals surface area (Å²) in [5.74, 6) is 0.836. The Labute approximate surface area is 123 Å². The zero-order chi connectivity index (χ0) is 13.8. The van der Waals surface area contributed by atoms with Gasteiger partial charge in [0.2, 0.25) is 0 Å². The van der Waals surface area contributed by atoms with Crippen molar-refractivity contribution in [2.45, 2.75) is 32.6 Å². The fourth-order valence-corrected chi connectivity index (χ4v) is 3.37. The first-order chi connectivity index (χ1) is 9.81. The maximum Gasteiger partial charge on any atom is 0.0163 e. The Hall–Kier alpha value is -1.34. The summed E-state index contributed by atoms with van der Waals surface area (Å²) in [5.41, 5.74) is 4.34. The number of nitrogens with zero attached hydrogens (tertiary/aromatic N) is 1. The van der Waals surface area contributed by atoms with Gasteiger partial charge in [0, 0.05) is 19.6 Å². The first-order valence-corrected chi connectivity index (χ1v) is 7.95. The van der Waals surface area contributed by atoms with Crippen molar-refractivity contribution in [3.8, 4) is 0 Å². The van der Waals surface area contributed by atoms with Crippen LogP contribution in [-0.4, -0.2) is 24.5 Å². The van der Waals surface area contributed by atoms with Crippen LogP contribution in [0.3, 0.4) is 0 Å². The quantitative estimate of drug-likeness (QED) is 0.732. The van der Waals surface area contributed by atoms with Gasteiger partial charge in [0.15, 0.2) is 0 Å². The van der Waals surface area contributed by atoms with Crippen molar-refractivity contribution in [3.63, 3.8) is 0 Å². The normalized spacial score (nSPS) is 23.6. The summed E-state index contributed by atoms with van der Waals surface area (Å²) in [6, 6.07) is 9.03. The first kappa shape index (κ1) is 13.6. The van der Waals surface area contributed by atoms with E-state index in [0.717, 1.165) is 12.5 Å². The molecule has 1 aromatic carbocycles. The lowest BCUT2D eigenvalue weighted by Crippen LogP contribution is -2.33. The molecule has 0 bridgehead atoms. The van der Waals surface area contributed by atoms with Gasteiger partial charge in [-0.1, -0.05) is 48.1 Å². The van der Waals surface area contributed by atoms with Crippen LogP contribution in [0.1, 0.15) is 36.8 Å². The Balaban J connectivity index is 1.62. The van der Waals surface area contributed by atoms with Crippen LogP contribution >= 0.6 is 0 Å². The molecule has 0 fully saturated rings. The van der Waals surface area contributed by atoms with Gasteiger partial charge in [-0.3, -0.25) is 4.90 Å². The van der Waals surface area contributed by atoms with Crippen molar-refractivity contribution < 1.29 is 0 Å². The van der Waals surface area contributed by atoms with E-state index >= 15 is 0 Å². The van der Waals surface area contributed by atoms with Crippen molar-refractivity contribution >= 4 is 5.57 Å². The van der Waals surface area contributed by atoms with Crippen molar-refractivity contribution in [2.75, 3.05) is 19.6 Å². The van der Waals surface area contributed by atoms with Crippen molar-refractivity contribution in [1.29, 1.82) is 0 Å². The van der Waals surface area contributed by atoms with Gasteiger partial charge in [-0.25, -0.2) is 0 Å². The van der Waals surface area contributed by atoms with Crippen molar-refractivity contribution in [3.05, 3.63) is 53.6 Å². The van der Waals surface area contributed by atoms with Gasteiger partial charge < -0.3 is 0 Å². The molecular weight excluding hydrogens is 242 g/mol. The average molecular weight is 267 g/mol. The molecule has 1 nitrogen and oxygen atoms in total. The smallest absolute Gasteiger partial charge is 0.0163 e. The zero-order valence-electron chi connectivity index (χ0n) is 12.5. The molecule has 20 heavy (non-hydrogen) atoms. The number of hydrogen-bond acceptors (Lipinski definition) is 1. The number of rotatable bonds is 3. The summed E-state index contributed by atoms with van der Waals surface area (Å²) in [6.45, 7) is 5.83. The minimum absolute atomic E-state index is 0.836. The third-order valence-corrected chi connectivity index (χ3v) is 4.56. The summed E-state index contributed by atoms with van der Waals surface area (Å²) in [5, 5.41) is 0. The molecule has 1 heterocycles. The maximum absolute atomic E-state index is 2.61. The highest BCUT2D eigenvalue weighted by Gasteiger charge is 2.19. The SMILES string of the molecule is Cc1ccc(C2=CCC[C@@H](CN3CC=CCC3)C2)cc1. The molecule has 3 rings (SSSR count). The van der Waals surface area contributed by atoms with Gasteiger partial charge in [0.25, 0.3) is 0 Å². The lowest BCUT2D eigenvalue weighted by atomic mass is 9.85. The topological polar surface area (TPSA) is 3.24 Å². The van der Waals surface area contributed by atoms with E-state index in [9.17, 15) is 0 Å². The fourth-order valence-electron chi connectivity index (χ4n) is 3.37. The molecule has 1 aromatic rings. The molecule has 0 saturated heterocycles. The summed E-state index contributed by atoms with van der Waals surface area (Å²) in [7, 11) is 0. The molecule has 1 aliphatic heterocycles. The second kappa shape index (κ2) is 6.41. The Morgan fingerprint density at radius 2 is 1.95 bits per heavy atom. The van der Waals surface area contributed by atoms with Gasteiger partial charge in [0.05, 0.1) is 0 Å². The third-order valence-electron chi connectivity index (χ3n) is 4.56. The fraction of sp³-hybridized carbons (Fsp3) is 0.474. The predicted octanol–water partition coefficient (Wildman–Crippen LogP) is 4.44. The summed E-state index contributed by atoms with van der Waals surface area (Å²) in [6.07, 6.45) is 12.2. The molecule has 1 heteroatoms. The minimum atomic E-state index is 0.836. The Bertz CT molecular complexity index is 495. The highest BCUT2D eigenvalue weighted by atomic mass is 15.1. The summed E-state index contributed by atoms with van der Waals surface area (Å²) >= 11 is 0. The lowest BCUT2D eigenvalue weighted by Gasteiger charge is -2.30. The maximum atomic E-state index is 2.61. The standard InChI is InChI=1S/C19H25N/c1-16-8-10-18(11-9-16)19-7-5-6-17(14-19)15-20-12-3-2-4-13-20/h2-3,7-11,17H,4-6,12-15H2,1H3/t17-/m1/s1. The Morgan fingerprint density at radius 3 is 2.70 bits per heavy atom. The van der Waals surface area contributed by atoms with E-state index in [1.165, 1.54) is 49.9 Å². The number of aryl methyl sites for hydroxylation is 1. The van der Waals surface area contributed by atoms with Crippen molar-refractivity contribution in [2.24, 2.45) is 5.92 Å². The summed E-state index contributed by atoms with van der Waals surface area (Å²) < 4.78 is 0. The van der Waals surface area contributed by atoms with Crippen LogP contribution in [0.25, 0.3) is 5.57 Å². The van der Waals surface area contributed by atoms with Crippen LogP contribution in [0.5, 0.6) is 0 Å². The van der Waals surface area contributed by atoms with Crippen LogP contribution in [0, 0.1) is 12.8 Å².